The molecule has 4 heterocycles. The smallest absolute Gasteiger partial charge is 0.272 e. The van der Waals surface area contributed by atoms with Crippen LogP contribution >= 0.6 is 0 Å². The molecule has 0 aliphatic carbocycles. The van der Waals surface area contributed by atoms with Crippen LogP contribution in [0.5, 0.6) is 5.75 Å². The summed E-state index contributed by atoms with van der Waals surface area (Å²) in [6, 6.07) is 11.0. The van der Waals surface area contributed by atoms with Crippen molar-refractivity contribution in [3.63, 3.8) is 0 Å². The molecule has 0 radical (unpaired) electrons. The lowest BCUT2D eigenvalue weighted by atomic mass is 9.98. The normalized spacial score (nSPS) is 21.7. The molecule has 10 heteroatoms. The van der Waals surface area contributed by atoms with Crippen LogP contribution in [0.25, 0.3) is 0 Å². The average Bonchev–Trinajstić information content (AvgIpc) is 2.87. The number of piperidine rings is 2. The number of pyridine rings is 1. The summed E-state index contributed by atoms with van der Waals surface area (Å²) in [5, 5.41) is 0. The van der Waals surface area contributed by atoms with Crippen LogP contribution in [-0.2, 0) is 15.8 Å². The second kappa shape index (κ2) is 9.85. The number of benzene rings is 1. The zero-order chi connectivity index (χ0) is 24.4. The molecule has 3 aliphatic heterocycles. The first-order chi connectivity index (χ1) is 16.9. The van der Waals surface area contributed by atoms with E-state index < -0.39 is 10.0 Å². The number of ether oxygens (including phenoxy) is 1. The Labute approximate surface area is 206 Å². The number of hydrogen-bond acceptors (Lipinski definition) is 7. The van der Waals surface area contributed by atoms with Crippen molar-refractivity contribution >= 4 is 27.6 Å². The Morgan fingerprint density at radius 1 is 1.06 bits per heavy atom. The highest BCUT2D eigenvalue weighted by Gasteiger charge is 2.27. The third-order valence-corrected chi connectivity index (χ3v) is 8.01. The molecular weight excluding hydrogens is 466 g/mol. The van der Waals surface area contributed by atoms with Crippen LogP contribution in [0.4, 0.5) is 5.82 Å². The van der Waals surface area contributed by atoms with Gasteiger partial charge in [0.2, 0.25) is 0 Å². The molecule has 1 amide bonds. The lowest BCUT2D eigenvalue weighted by Crippen LogP contribution is -2.39. The zero-order valence-electron chi connectivity index (χ0n) is 19.7. The molecule has 0 saturated carbocycles. The van der Waals surface area contributed by atoms with Gasteiger partial charge in [0.05, 0.1) is 17.9 Å². The van der Waals surface area contributed by atoms with E-state index in [1.807, 2.05) is 17.0 Å². The lowest BCUT2D eigenvalue weighted by molar-refractivity contribution is 0.0718. The molecule has 0 bridgehead atoms. The van der Waals surface area contributed by atoms with E-state index in [4.69, 9.17) is 15.5 Å². The molecule has 0 spiro atoms. The first-order valence-electron chi connectivity index (χ1n) is 12.2. The van der Waals surface area contributed by atoms with Gasteiger partial charge in [0.15, 0.2) is 0 Å². The SMILES string of the molecule is NC1=NS(=O)(=O)Cc2cccc(OC[C@H]3CCCN(c4cccc(C(=O)N5CCCCC5)n4)C3)c21. The van der Waals surface area contributed by atoms with E-state index in [2.05, 4.69) is 9.30 Å². The van der Waals surface area contributed by atoms with Crippen molar-refractivity contribution in [3.8, 4) is 5.75 Å². The maximum Gasteiger partial charge on any atom is 0.272 e. The quantitative estimate of drug-likeness (QED) is 0.674. The number of sulfonamides is 1. The van der Waals surface area contributed by atoms with Crippen LogP contribution in [0.2, 0.25) is 0 Å². The zero-order valence-corrected chi connectivity index (χ0v) is 20.5. The number of carbonyl (C=O) groups excluding carboxylic acids is 1. The van der Waals surface area contributed by atoms with Crippen molar-refractivity contribution in [2.45, 2.75) is 37.9 Å². The third kappa shape index (κ3) is 5.27. The molecule has 3 aliphatic rings. The first-order valence-corrected chi connectivity index (χ1v) is 13.8. The highest BCUT2D eigenvalue weighted by atomic mass is 32.2. The average molecular weight is 498 g/mol. The predicted molar refractivity (Wildman–Crippen MR) is 134 cm³/mol. The highest BCUT2D eigenvalue weighted by molar-refractivity contribution is 7.89. The number of nitrogens with two attached hydrogens (primary N) is 1. The Morgan fingerprint density at radius 2 is 1.86 bits per heavy atom. The van der Waals surface area contributed by atoms with E-state index in [-0.39, 0.29) is 23.4 Å². The molecule has 2 fully saturated rings. The van der Waals surface area contributed by atoms with Crippen molar-refractivity contribution in [3.05, 3.63) is 53.2 Å². The summed E-state index contributed by atoms with van der Waals surface area (Å²) in [6.07, 6.45) is 5.29. The van der Waals surface area contributed by atoms with E-state index in [9.17, 15) is 13.2 Å². The Kier molecular flexibility index (Phi) is 6.64. The van der Waals surface area contributed by atoms with Gasteiger partial charge in [-0.3, -0.25) is 4.79 Å². The standard InChI is InChI=1S/C25H31N5O4S/c26-24-23-19(17-35(32,33)28-24)8-4-10-21(23)34-16-18-7-6-14-30(15-18)22-11-5-9-20(27-22)25(31)29-12-2-1-3-13-29/h4-5,8-11,18H,1-3,6-7,12-17H2,(H2,26,28)/t18-/m0/s1. The Balaban J connectivity index is 1.25. The fourth-order valence-corrected chi connectivity index (χ4v) is 6.22. The van der Waals surface area contributed by atoms with Gasteiger partial charge >= 0.3 is 0 Å². The van der Waals surface area contributed by atoms with Gasteiger partial charge in [-0.05, 0) is 55.9 Å². The molecule has 186 valence electrons. The number of nitrogens with zero attached hydrogens (tertiary/aromatic N) is 4. The fourth-order valence-electron chi connectivity index (χ4n) is 5.13. The summed E-state index contributed by atoms with van der Waals surface area (Å²) in [4.78, 5) is 21.7. The number of rotatable bonds is 5. The maximum absolute atomic E-state index is 12.9. The number of anilines is 1. The number of carbonyl (C=O) groups is 1. The van der Waals surface area contributed by atoms with E-state index in [1.165, 1.54) is 6.42 Å². The number of aromatic nitrogens is 1. The Hall–Kier alpha value is -3.14. The van der Waals surface area contributed by atoms with Gasteiger partial charge in [-0.1, -0.05) is 18.2 Å². The molecule has 1 aromatic heterocycles. The van der Waals surface area contributed by atoms with Gasteiger partial charge in [0.25, 0.3) is 15.9 Å². The van der Waals surface area contributed by atoms with Crippen molar-refractivity contribution in [1.29, 1.82) is 0 Å². The molecule has 2 aromatic rings. The summed E-state index contributed by atoms with van der Waals surface area (Å²) < 4.78 is 33.6. The topological polar surface area (TPSA) is 118 Å². The van der Waals surface area contributed by atoms with E-state index in [1.54, 1.807) is 24.3 Å². The van der Waals surface area contributed by atoms with Gasteiger partial charge in [-0.15, -0.1) is 4.40 Å². The van der Waals surface area contributed by atoms with Gasteiger partial charge in [-0.25, -0.2) is 13.4 Å². The van der Waals surface area contributed by atoms with E-state index in [0.29, 0.717) is 29.2 Å². The molecular formula is C25H31N5O4S. The predicted octanol–water partition coefficient (Wildman–Crippen LogP) is 2.55. The number of likely N-dealkylation sites (tertiary alicyclic amines) is 1. The van der Waals surface area contributed by atoms with E-state index in [0.717, 1.165) is 57.7 Å². The second-order valence-corrected chi connectivity index (χ2v) is 11.1. The van der Waals surface area contributed by atoms with Crippen molar-refractivity contribution < 1.29 is 17.9 Å². The number of hydrogen-bond donors (Lipinski definition) is 1. The minimum atomic E-state index is -3.59. The van der Waals surface area contributed by atoms with Gasteiger partial charge in [0, 0.05) is 32.1 Å². The minimum Gasteiger partial charge on any atom is -0.492 e. The van der Waals surface area contributed by atoms with Crippen LogP contribution in [-0.4, -0.2) is 62.8 Å². The first kappa shape index (κ1) is 23.6. The lowest BCUT2D eigenvalue weighted by Gasteiger charge is -2.34. The largest absolute Gasteiger partial charge is 0.492 e. The van der Waals surface area contributed by atoms with Crippen LogP contribution < -0.4 is 15.4 Å². The summed E-state index contributed by atoms with van der Waals surface area (Å²) in [5.74, 6) is 1.45. The molecule has 9 nitrogen and oxygen atoms in total. The molecule has 35 heavy (non-hydrogen) atoms. The van der Waals surface area contributed by atoms with Crippen LogP contribution in [0.15, 0.2) is 40.8 Å². The second-order valence-electron chi connectivity index (χ2n) is 9.49. The van der Waals surface area contributed by atoms with Crippen molar-refractivity contribution in [2.75, 3.05) is 37.7 Å². The van der Waals surface area contributed by atoms with Gasteiger partial charge < -0.3 is 20.3 Å². The Morgan fingerprint density at radius 3 is 2.69 bits per heavy atom. The van der Waals surface area contributed by atoms with Crippen molar-refractivity contribution in [1.82, 2.24) is 9.88 Å². The summed E-state index contributed by atoms with van der Waals surface area (Å²) in [7, 11) is -3.59. The molecule has 2 saturated heterocycles. The minimum absolute atomic E-state index is 0.0126. The maximum atomic E-state index is 12.9. The molecule has 1 atom stereocenters. The summed E-state index contributed by atoms with van der Waals surface area (Å²) >= 11 is 0. The van der Waals surface area contributed by atoms with Crippen LogP contribution in [0.3, 0.4) is 0 Å². The van der Waals surface area contributed by atoms with Crippen molar-refractivity contribution in [2.24, 2.45) is 16.0 Å². The third-order valence-electron chi connectivity index (χ3n) is 6.86. The molecule has 2 N–H and O–H groups in total. The molecule has 0 unspecified atom stereocenters. The monoisotopic (exact) mass is 497 g/mol. The van der Waals surface area contributed by atoms with E-state index >= 15 is 0 Å². The number of amidine groups is 1. The summed E-state index contributed by atoms with van der Waals surface area (Å²) in [6.45, 7) is 3.72. The van der Waals surface area contributed by atoms with Gasteiger partial charge in [-0.2, -0.15) is 0 Å². The highest BCUT2D eigenvalue weighted by Crippen LogP contribution is 2.29. The summed E-state index contributed by atoms with van der Waals surface area (Å²) in [5.41, 5.74) is 7.65. The van der Waals surface area contributed by atoms with Crippen LogP contribution in [0.1, 0.15) is 53.7 Å². The fraction of sp³-hybridized carbons (Fsp3) is 0.480. The van der Waals surface area contributed by atoms with Gasteiger partial charge in [0.1, 0.15) is 23.1 Å². The number of fused-ring (bicyclic) bond motifs is 1. The number of amides is 1. The van der Waals surface area contributed by atoms with Crippen LogP contribution in [0, 0.1) is 5.92 Å². The molecule has 5 rings (SSSR count). The Bertz CT molecular complexity index is 1240. The molecule has 1 aromatic carbocycles.